The number of benzene rings is 1. The second kappa shape index (κ2) is 6.31. The molecule has 0 aliphatic rings. The van der Waals surface area contributed by atoms with E-state index in [9.17, 15) is 4.79 Å². The number of aromatic nitrogens is 2. The topological polar surface area (TPSA) is 64.1 Å². The zero-order valence-electron chi connectivity index (χ0n) is 12.2. The second-order valence-electron chi connectivity index (χ2n) is 4.70. The number of methoxy groups -OCH3 is 1. The molecule has 1 N–H and O–H groups in total. The Morgan fingerprint density at radius 2 is 2.09 bits per heavy atom. The smallest absolute Gasteiger partial charge is 0.348 e. The average molecular weight is 368 g/mol. The fraction of sp³-hybridized carbons (Fsp3) is 0.133. The molecule has 0 bridgehead atoms. The molecule has 118 valence electrons. The molecule has 0 atom stereocenters. The highest BCUT2D eigenvalue weighted by molar-refractivity contribution is 7.20. The summed E-state index contributed by atoms with van der Waals surface area (Å²) in [6.45, 7) is 1.82. The van der Waals surface area contributed by atoms with Crippen molar-refractivity contribution in [3.8, 4) is 0 Å². The highest BCUT2D eigenvalue weighted by Gasteiger charge is 2.20. The van der Waals surface area contributed by atoms with Crippen molar-refractivity contribution in [2.45, 2.75) is 6.92 Å². The van der Waals surface area contributed by atoms with E-state index in [1.54, 1.807) is 12.1 Å². The lowest BCUT2D eigenvalue weighted by Crippen LogP contribution is -2.00. The van der Waals surface area contributed by atoms with Crippen molar-refractivity contribution >= 4 is 62.2 Å². The quantitative estimate of drug-likeness (QED) is 0.530. The Morgan fingerprint density at radius 1 is 1.30 bits per heavy atom. The van der Waals surface area contributed by atoms with Crippen LogP contribution in [0.5, 0.6) is 0 Å². The van der Waals surface area contributed by atoms with Crippen molar-refractivity contribution in [1.29, 1.82) is 0 Å². The molecule has 0 fully saturated rings. The number of carbonyl (C=O) groups excluding carboxylic acids is 1. The number of thiophene rings is 1. The largest absolute Gasteiger partial charge is 0.465 e. The third kappa shape index (κ3) is 3.10. The lowest BCUT2D eigenvalue weighted by Gasteiger charge is -2.08. The predicted molar refractivity (Wildman–Crippen MR) is 93.2 cm³/mol. The summed E-state index contributed by atoms with van der Waals surface area (Å²) in [6, 6.07) is 7.23. The van der Waals surface area contributed by atoms with Crippen molar-refractivity contribution in [3.05, 3.63) is 45.0 Å². The summed E-state index contributed by atoms with van der Waals surface area (Å²) in [6.07, 6.45) is 0. The molecule has 5 nitrogen and oxygen atoms in total. The van der Waals surface area contributed by atoms with Crippen LogP contribution >= 0.6 is 34.5 Å². The van der Waals surface area contributed by atoms with Crippen LogP contribution in [0.4, 0.5) is 11.5 Å². The van der Waals surface area contributed by atoms with Gasteiger partial charge in [-0.25, -0.2) is 9.78 Å². The maximum absolute atomic E-state index is 11.9. The number of fused-ring (bicyclic) bond motifs is 1. The Kier molecular flexibility index (Phi) is 4.39. The van der Waals surface area contributed by atoms with Crippen LogP contribution in [0, 0.1) is 6.92 Å². The summed E-state index contributed by atoms with van der Waals surface area (Å²) < 4.78 is 4.80. The van der Waals surface area contributed by atoms with E-state index in [1.165, 1.54) is 18.4 Å². The van der Waals surface area contributed by atoms with Crippen LogP contribution < -0.4 is 5.32 Å². The molecule has 0 spiro atoms. The Labute approximate surface area is 146 Å². The predicted octanol–water partition coefficient (Wildman–Crippen LogP) is 4.84. The molecule has 0 amide bonds. The number of esters is 1. The normalized spacial score (nSPS) is 10.8. The second-order valence-corrected chi connectivity index (χ2v) is 6.48. The van der Waals surface area contributed by atoms with Crippen molar-refractivity contribution in [2.75, 3.05) is 12.4 Å². The molecular weight excluding hydrogens is 357 g/mol. The number of nitrogens with one attached hydrogen (secondary N) is 1. The highest BCUT2D eigenvalue weighted by Crippen LogP contribution is 2.36. The van der Waals surface area contributed by atoms with Gasteiger partial charge in [0.1, 0.15) is 15.5 Å². The lowest BCUT2D eigenvalue weighted by atomic mass is 10.2. The molecule has 3 aromatic rings. The van der Waals surface area contributed by atoms with Gasteiger partial charge in [-0.3, -0.25) is 0 Å². The number of hydrogen-bond donors (Lipinski definition) is 1. The van der Waals surface area contributed by atoms with E-state index in [0.29, 0.717) is 20.5 Å². The van der Waals surface area contributed by atoms with Crippen LogP contribution in [-0.2, 0) is 4.74 Å². The molecule has 0 aliphatic heterocycles. The van der Waals surface area contributed by atoms with Gasteiger partial charge in [0.15, 0.2) is 0 Å². The van der Waals surface area contributed by atoms with Gasteiger partial charge in [0.05, 0.1) is 12.5 Å². The number of halogens is 2. The molecule has 2 heterocycles. The lowest BCUT2D eigenvalue weighted by molar-refractivity contribution is 0.0605. The molecule has 0 unspecified atom stereocenters. The Bertz CT molecular complexity index is 911. The molecule has 23 heavy (non-hydrogen) atoms. The van der Waals surface area contributed by atoms with E-state index < -0.39 is 5.97 Å². The van der Waals surface area contributed by atoms with E-state index >= 15 is 0 Å². The first kappa shape index (κ1) is 16.0. The summed E-state index contributed by atoms with van der Waals surface area (Å²) in [5.74, 6) is 0.112. The minimum Gasteiger partial charge on any atom is -0.465 e. The minimum atomic E-state index is -0.407. The van der Waals surface area contributed by atoms with Crippen LogP contribution in [0.1, 0.15) is 15.2 Å². The van der Waals surface area contributed by atoms with Crippen molar-refractivity contribution in [1.82, 2.24) is 9.97 Å². The summed E-state index contributed by atoms with van der Waals surface area (Å²) in [5.41, 5.74) is 1.51. The van der Waals surface area contributed by atoms with Gasteiger partial charge in [-0.2, -0.15) is 4.98 Å². The van der Waals surface area contributed by atoms with Crippen LogP contribution in [-0.4, -0.2) is 23.0 Å². The van der Waals surface area contributed by atoms with Gasteiger partial charge in [-0.1, -0.05) is 17.7 Å². The SMILES string of the molecule is COC(=O)c1sc2nc(Cl)nc(Nc3cccc(Cl)c3)c2c1C. The van der Waals surface area contributed by atoms with Gasteiger partial charge in [-0.15, -0.1) is 11.3 Å². The van der Waals surface area contributed by atoms with Gasteiger partial charge >= 0.3 is 5.97 Å². The van der Waals surface area contributed by atoms with Crippen LogP contribution in [0.3, 0.4) is 0 Å². The summed E-state index contributed by atoms with van der Waals surface area (Å²) in [7, 11) is 1.34. The van der Waals surface area contributed by atoms with Gasteiger partial charge in [0, 0.05) is 10.7 Å². The van der Waals surface area contributed by atoms with E-state index in [2.05, 4.69) is 15.3 Å². The molecule has 2 aromatic heterocycles. The number of rotatable bonds is 3. The highest BCUT2D eigenvalue weighted by atomic mass is 35.5. The number of nitrogens with zero attached hydrogens (tertiary/aromatic N) is 2. The Balaban J connectivity index is 2.16. The van der Waals surface area contributed by atoms with E-state index in [0.717, 1.165) is 16.6 Å². The van der Waals surface area contributed by atoms with Crippen molar-refractivity contribution < 1.29 is 9.53 Å². The summed E-state index contributed by atoms with van der Waals surface area (Å²) in [4.78, 5) is 21.4. The molecule has 0 aliphatic carbocycles. The molecule has 0 saturated heterocycles. The first-order chi connectivity index (χ1) is 11.0. The number of hydrogen-bond acceptors (Lipinski definition) is 6. The molecule has 1 aromatic carbocycles. The average Bonchev–Trinajstić information content (AvgIpc) is 2.83. The van der Waals surface area contributed by atoms with Crippen LogP contribution in [0.2, 0.25) is 10.3 Å². The van der Waals surface area contributed by atoms with Gasteiger partial charge in [-0.05, 0) is 42.3 Å². The summed E-state index contributed by atoms with van der Waals surface area (Å²) >= 11 is 13.2. The fourth-order valence-electron chi connectivity index (χ4n) is 2.19. The molecule has 0 radical (unpaired) electrons. The van der Waals surface area contributed by atoms with Gasteiger partial charge in [0.25, 0.3) is 0 Å². The number of carbonyl (C=O) groups is 1. The van der Waals surface area contributed by atoms with Crippen molar-refractivity contribution in [3.63, 3.8) is 0 Å². The number of aryl methyl sites for hydroxylation is 1. The van der Waals surface area contributed by atoms with Gasteiger partial charge < -0.3 is 10.1 Å². The van der Waals surface area contributed by atoms with Gasteiger partial charge in [0.2, 0.25) is 5.28 Å². The van der Waals surface area contributed by atoms with Crippen LogP contribution in [0.15, 0.2) is 24.3 Å². The zero-order valence-corrected chi connectivity index (χ0v) is 14.5. The molecular formula is C15H11Cl2N3O2S. The van der Waals surface area contributed by atoms with E-state index in [4.69, 9.17) is 27.9 Å². The van der Waals surface area contributed by atoms with Crippen LogP contribution in [0.25, 0.3) is 10.2 Å². The Hall–Kier alpha value is -1.89. The molecule has 0 saturated carbocycles. The van der Waals surface area contributed by atoms with Crippen molar-refractivity contribution in [2.24, 2.45) is 0 Å². The zero-order chi connectivity index (χ0) is 16.6. The third-order valence-electron chi connectivity index (χ3n) is 3.22. The third-order valence-corrected chi connectivity index (χ3v) is 4.79. The number of anilines is 2. The monoisotopic (exact) mass is 367 g/mol. The van der Waals surface area contributed by atoms with E-state index in [-0.39, 0.29) is 5.28 Å². The maximum atomic E-state index is 11.9. The summed E-state index contributed by atoms with van der Waals surface area (Å²) in [5, 5.41) is 4.61. The Morgan fingerprint density at radius 3 is 2.78 bits per heavy atom. The maximum Gasteiger partial charge on any atom is 0.348 e. The van der Waals surface area contributed by atoms with E-state index in [1.807, 2.05) is 19.1 Å². The minimum absolute atomic E-state index is 0.0969. The standard InChI is InChI=1S/C15H11Cl2N3O2S/c1-7-10-12(18-9-5-3-4-8(16)6-9)19-15(17)20-13(10)23-11(7)14(21)22-2/h3-6H,1-2H3,(H,18,19,20). The molecule has 8 heteroatoms. The molecule has 3 rings (SSSR count). The first-order valence-electron chi connectivity index (χ1n) is 6.57. The number of ether oxygens (including phenoxy) is 1. The fourth-order valence-corrected chi connectivity index (χ4v) is 3.70. The first-order valence-corrected chi connectivity index (χ1v) is 8.14.